The molecule has 2 aromatic heterocycles. The number of aldehydes is 1. The molecule has 202 valence electrons. The van der Waals surface area contributed by atoms with Gasteiger partial charge in [-0.15, -0.1) is 0 Å². The Kier molecular flexibility index (Phi) is 8.90. The molecule has 0 saturated carbocycles. The van der Waals surface area contributed by atoms with Crippen molar-refractivity contribution in [1.82, 2.24) is 19.5 Å². The lowest BCUT2D eigenvalue weighted by atomic mass is 10.1. The average molecular weight is 559 g/mol. The van der Waals surface area contributed by atoms with Crippen molar-refractivity contribution in [3.05, 3.63) is 12.7 Å². The number of nitrogens with zero attached hydrogens (tertiary/aromatic N) is 4. The molecule has 0 amide bonds. The molecule has 0 radical (unpaired) electrons. The number of aliphatic hydroxyl groups excluding tert-OH is 5. The Labute approximate surface area is 200 Å². The number of fused-ring (bicyclic) bond motifs is 1. The zero-order valence-electron chi connectivity index (χ0n) is 17.9. The first-order valence-electron chi connectivity index (χ1n) is 9.86. The maximum Gasteiger partial charge on any atom is 0.481 e. The average Bonchev–Trinajstić information content (AvgIpc) is 3.36. The molecule has 2 unspecified atom stereocenters. The molecule has 0 spiro atoms. The number of carbonyl (C=O) groups excluding carboxylic acids is 1. The monoisotopic (exact) mass is 559 g/mol. The van der Waals surface area contributed by atoms with Crippen molar-refractivity contribution in [1.29, 1.82) is 0 Å². The fourth-order valence-corrected chi connectivity index (χ4v) is 5.17. The number of rotatable bonds is 12. The van der Waals surface area contributed by atoms with E-state index in [4.69, 9.17) is 15.6 Å². The number of aromatic nitrogens is 4. The van der Waals surface area contributed by atoms with E-state index < -0.39 is 71.7 Å². The smallest absolute Gasteiger partial charge is 0.388 e. The molecule has 1 saturated heterocycles. The van der Waals surface area contributed by atoms with E-state index in [0.29, 0.717) is 0 Å². The molecule has 1 fully saturated rings. The third-order valence-corrected chi connectivity index (χ3v) is 7.50. The molecule has 36 heavy (non-hydrogen) atoms. The summed E-state index contributed by atoms with van der Waals surface area (Å²) >= 11 is 0. The van der Waals surface area contributed by atoms with Gasteiger partial charge in [-0.05, 0) is 0 Å². The van der Waals surface area contributed by atoms with E-state index in [1.807, 2.05) is 0 Å². The second kappa shape index (κ2) is 11.2. The lowest BCUT2D eigenvalue weighted by Gasteiger charge is -2.22. The number of ether oxygens (including phenoxy) is 1. The van der Waals surface area contributed by atoms with Crippen LogP contribution in [-0.2, 0) is 32.0 Å². The Balaban J connectivity index is 1.58. The van der Waals surface area contributed by atoms with Crippen LogP contribution >= 0.6 is 15.6 Å². The largest absolute Gasteiger partial charge is 0.481 e. The molecule has 21 heteroatoms. The second-order valence-corrected chi connectivity index (χ2v) is 10.5. The van der Waals surface area contributed by atoms with Crippen LogP contribution in [0.15, 0.2) is 12.7 Å². The Hall–Kier alpha value is -1.96. The Morgan fingerprint density at radius 1 is 1.11 bits per heavy atom. The lowest BCUT2D eigenvalue weighted by molar-refractivity contribution is -0.127. The van der Waals surface area contributed by atoms with Gasteiger partial charge in [0.15, 0.2) is 24.0 Å². The summed E-state index contributed by atoms with van der Waals surface area (Å²) in [7, 11) is -10.8. The van der Waals surface area contributed by atoms with Crippen molar-refractivity contribution in [3.63, 3.8) is 0 Å². The number of anilines is 1. The van der Waals surface area contributed by atoms with Crippen LogP contribution in [0.1, 0.15) is 6.23 Å². The number of aliphatic hydroxyl groups is 5. The van der Waals surface area contributed by atoms with Gasteiger partial charge in [0.1, 0.15) is 48.5 Å². The number of phosphoric acid groups is 2. The van der Waals surface area contributed by atoms with Gasteiger partial charge in [-0.25, -0.2) is 24.1 Å². The summed E-state index contributed by atoms with van der Waals surface area (Å²) in [5.74, 6) is 0.0441. The first-order valence-corrected chi connectivity index (χ1v) is 12.9. The van der Waals surface area contributed by atoms with Crippen LogP contribution in [0.4, 0.5) is 5.82 Å². The summed E-state index contributed by atoms with van der Waals surface area (Å²) in [5.41, 5.74) is 6.04. The third-order valence-electron chi connectivity index (χ3n) is 4.90. The van der Waals surface area contributed by atoms with Crippen molar-refractivity contribution < 1.29 is 67.3 Å². The molecule has 3 heterocycles. The van der Waals surface area contributed by atoms with Crippen molar-refractivity contribution >= 4 is 38.9 Å². The van der Waals surface area contributed by atoms with Crippen LogP contribution in [0, 0.1) is 0 Å². The number of carbonyl (C=O) groups is 1. The van der Waals surface area contributed by atoms with Crippen LogP contribution in [0.3, 0.4) is 0 Å². The fourth-order valence-electron chi connectivity index (χ4n) is 3.08. The van der Waals surface area contributed by atoms with Gasteiger partial charge in [-0.1, -0.05) is 0 Å². The van der Waals surface area contributed by atoms with E-state index in [-0.39, 0.29) is 23.3 Å². The maximum absolute atomic E-state index is 12.1. The van der Waals surface area contributed by atoms with Gasteiger partial charge < -0.3 is 50.6 Å². The summed E-state index contributed by atoms with van der Waals surface area (Å²) in [6.07, 6.45) is -9.91. The minimum Gasteiger partial charge on any atom is -0.388 e. The van der Waals surface area contributed by atoms with Crippen LogP contribution in [-0.4, -0.2) is 111 Å². The molecule has 0 bridgehead atoms. The summed E-state index contributed by atoms with van der Waals surface area (Å²) in [6, 6.07) is 0. The molecule has 3 rings (SSSR count). The number of hydrogen-bond acceptors (Lipinski definition) is 16. The topological polar surface area (TPSA) is 299 Å². The molecule has 9 N–H and O–H groups in total. The summed E-state index contributed by atoms with van der Waals surface area (Å²) < 4.78 is 43.5. The molecular weight excluding hydrogens is 536 g/mol. The van der Waals surface area contributed by atoms with Gasteiger partial charge in [0, 0.05) is 0 Å². The van der Waals surface area contributed by atoms with Crippen molar-refractivity contribution in [2.24, 2.45) is 0 Å². The zero-order chi connectivity index (χ0) is 26.8. The van der Waals surface area contributed by atoms with E-state index in [1.165, 1.54) is 10.9 Å². The standard InChI is InChI=1S/C15H23N5O14P2/c16-13-9-14(18-4-17-13)20(5-19-9)15-12(26)11(25)8(33-15)3-32-36(29,30)34-35(27,28)31-2-7(23)10(24)6(22)1-21/h1,4-8,10-12,15,22-26H,2-3H2,(H,27,28)(H,29,30)(H2,16,17,18)/t6-,7+,8-,10-,11+,12-,15-/m1/s1. The van der Waals surface area contributed by atoms with Crippen LogP contribution in [0.25, 0.3) is 11.2 Å². The summed E-state index contributed by atoms with van der Waals surface area (Å²) in [6.45, 7) is -2.11. The number of imidazole rings is 1. The lowest BCUT2D eigenvalue weighted by Crippen LogP contribution is -2.40. The second-order valence-electron chi connectivity index (χ2n) is 7.42. The minimum atomic E-state index is -5.39. The summed E-state index contributed by atoms with van der Waals surface area (Å²) in [5, 5.41) is 48.7. The van der Waals surface area contributed by atoms with E-state index in [9.17, 15) is 44.1 Å². The molecule has 0 aromatic carbocycles. The minimum absolute atomic E-state index is 0.0441. The first kappa shape index (κ1) is 28.6. The number of nitrogens with two attached hydrogens (primary N) is 1. The van der Waals surface area contributed by atoms with Gasteiger partial charge >= 0.3 is 15.6 Å². The third kappa shape index (κ3) is 6.48. The maximum atomic E-state index is 12.1. The number of hydrogen-bond donors (Lipinski definition) is 8. The Morgan fingerprint density at radius 2 is 1.78 bits per heavy atom. The SMILES string of the molecule is Nc1ncnc2c1ncn2[C@@H]1O[C@H](COP(=O)(O)OP(=O)(O)OC[C@H](O)[C@H](O)[C@H](O)C=O)[C@H](O)[C@H]1O. The van der Waals surface area contributed by atoms with Crippen molar-refractivity contribution in [3.8, 4) is 0 Å². The molecule has 1 aliphatic rings. The van der Waals surface area contributed by atoms with Gasteiger partial charge in [0.2, 0.25) is 0 Å². The van der Waals surface area contributed by atoms with Gasteiger partial charge in [-0.2, -0.15) is 4.31 Å². The van der Waals surface area contributed by atoms with Gasteiger partial charge in [-0.3, -0.25) is 13.6 Å². The predicted molar refractivity (Wildman–Crippen MR) is 112 cm³/mol. The van der Waals surface area contributed by atoms with Crippen molar-refractivity contribution in [2.75, 3.05) is 18.9 Å². The normalized spacial score (nSPS) is 28.3. The molecule has 9 atom stereocenters. The predicted octanol–water partition coefficient (Wildman–Crippen LogP) is -3.44. The fraction of sp³-hybridized carbons (Fsp3) is 0.600. The van der Waals surface area contributed by atoms with Crippen LogP contribution < -0.4 is 5.73 Å². The first-order chi connectivity index (χ1) is 16.8. The van der Waals surface area contributed by atoms with E-state index in [0.717, 1.165) is 6.33 Å². The molecule has 1 aliphatic heterocycles. The molecule has 2 aromatic rings. The van der Waals surface area contributed by atoms with Gasteiger partial charge in [0.25, 0.3) is 0 Å². The Bertz CT molecular complexity index is 1170. The van der Waals surface area contributed by atoms with E-state index in [2.05, 4.69) is 28.3 Å². The zero-order valence-corrected chi connectivity index (χ0v) is 19.7. The quantitative estimate of drug-likeness (QED) is 0.0926. The number of nitrogen functional groups attached to an aromatic ring is 1. The highest BCUT2D eigenvalue weighted by atomic mass is 31.3. The van der Waals surface area contributed by atoms with Crippen molar-refractivity contribution in [2.45, 2.75) is 42.9 Å². The highest BCUT2D eigenvalue weighted by Gasteiger charge is 2.46. The highest BCUT2D eigenvalue weighted by Crippen LogP contribution is 2.60. The molecule has 0 aliphatic carbocycles. The van der Waals surface area contributed by atoms with Crippen LogP contribution in [0.2, 0.25) is 0 Å². The van der Waals surface area contributed by atoms with E-state index in [1.54, 1.807) is 0 Å². The molecule has 19 nitrogen and oxygen atoms in total. The number of phosphoric ester groups is 2. The Morgan fingerprint density at radius 3 is 2.44 bits per heavy atom. The summed E-state index contributed by atoms with van der Waals surface area (Å²) in [4.78, 5) is 41.4. The van der Waals surface area contributed by atoms with Gasteiger partial charge in [0.05, 0.1) is 19.5 Å². The van der Waals surface area contributed by atoms with E-state index >= 15 is 0 Å². The highest BCUT2D eigenvalue weighted by molar-refractivity contribution is 7.61. The molecular formula is C15H23N5O14P2. The van der Waals surface area contributed by atoms with Crippen LogP contribution in [0.5, 0.6) is 0 Å².